The van der Waals surface area contributed by atoms with Gasteiger partial charge in [0.1, 0.15) is 17.3 Å². The summed E-state index contributed by atoms with van der Waals surface area (Å²) in [7, 11) is 1.04. The van der Waals surface area contributed by atoms with Crippen molar-refractivity contribution < 1.29 is 22.3 Å². The molecule has 0 aliphatic carbocycles. The predicted octanol–water partition coefficient (Wildman–Crippen LogP) is 4.15. The summed E-state index contributed by atoms with van der Waals surface area (Å²) in [6.07, 6.45) is -0.606. The average Bonchev–Trinajstić information content (AvgIpc) is 2.42. The van der Waals surface area contributed by atoms with Crippen LogP contribution in [0.3, 0.4) is 0 Å². The summed E-state index contributed by atoms with van der Waals surface area (Å²) < 4.78 is 60.3. The first-order valence-electron chi connectivity index (χ1n) is 6.15. The molecule has 0 spiro atoms. The lowest BCUT2D eigenvalue weighted by Gasteiger charge is -2.26. The van der Waals surface area contributed by atoms with E-state index in [0.717, 1.165) is 30.9 Å². The number of pyridine rings is 1. The first-order chi connectivity index (χ1) is 9.86. The van der Waals surface area contributed by atoms with Gasteiger partial charge in [-0.1, -0.05) is 12.1 Å². The standard InChI is InChI=1S/C15H13F4NO/c1-9-3-6-13(20-8-9)15(18,19)14(21-2)11-5-4-10(16)7-12(11)17/h3-8,14H,1-2H3. The van der Waals surface area contributed by atoms with Gasteiger partial charge in [0.05, 0.1) is 0 Å². The van der Waals surface area contributed by atoms with Crippen molar-refractivity contribution in [2.24, 2.45) is 0 Å². The highest BCUT2D eigenvalue weighted by atomic mass is 19.3. The van der Waals surface area contributed by atoms with Gasteiger partial charge in [-0.05, 0) is 24.6 Å². The summed E-state index contributed by atoms with van der Waals surface area (Å²) >= 11 is 0. The summed E-state index contributed by atoms with van der Waals surface area (Å²) in [6, 6.07) is 5.02. The number of methoxy groups -OCH3 is 1. The highest BCUT2D eigenvalue weighted by molar-refractivity contribution is 5.26. The van der Waals surface area contributed by atoms with Crippen molar-refractivity contribution in [3.8, 4) is 0 Å². The summed E-state index contributed by atoms with van der Waals surface area (Å²) in [5, 5.41) is 0. The van der Waals surface area contributed by atoms with E-state index in [1.54, 1.807) is 6.92 Å². The molecule has 0 radical (unpaired) electrons. The smallest absolute Gasteiger partial charge is 0.319 e. The molecule has 0 saturated heterocycles. The van der Waals surface area contributed by atoms with Gasteiger partial charge in [-0.25, -0.2) is 8.78 Å². The second-order valence-electron chi connectivity index (χ2n) is 4.63. The Hall–Kier alpha value is -1.95. The van der Waals surface area contributed by atoms with Crippen molar-refractivity contribution in [1.29, 1.82) is 0 Å². The average molecular weight is 299 g/mol. The van der Waals surface area contributed by atoms with Crippen molar-refractivity contribution in [1.82, 2.24) is 4.98 Å². The van der Waals surface area contributed by atoms with Crippen molar-refractivity contribution >= 4 is 0 Å². The molecule has 1 aromatic carbocycles. The van der Waals surface area contributed by atoms with E-state index in [2.05, 4.69) is 4.98 Å². The number of rotatable bonds is 4. The predicted molar refractivity (Wildman–Crippen MR) is 69.0 cm³/mol. The van der Waals surface area contributed by atoms with E-state index in [-0.39, 0.29) is 0 Å². The number of aromatic nitrogens is 1. The zero-order chi connectivity index (χ0) is 15.6. The van der Waals surface area contributed by atoms with Gasteiger partial charge in [0.25, 0.3) is 0 Å². The minimum atomic E-state index is -3.55. The van der Waals surface area contributed by atoms with Gasteiger partial charge in [-0.3, -0.25) is 4.98 Å². The molecule has 1 heterocycles. The fourth-order valence-corrected chi connectivity index (χ4v) is 1.98. The molecule has 0 N–H and O–H groups in total. The van der Waals surface area contributed by atoms with Crippen LogP contribution >= 0.6 is 0 Å². The third-order valence-electron chi connectivity index (χ3n) is 3.06. The molecule has 1 unspecified atom stereocenters. The molecule has 21 heavy (non-hydrogen) atoms. The molecule has 6 heteroatoms. The van der Waals surface area contributed by atoms with Gasteiger partial charge in [0, 0.05) is 24.9 Å². The maximum Gasteiger partial charge on any atom is 0.319 e. The van der Waals surface area contributed by atoms with Crippen molar-refractivity contribution in [2.45, 2.75) is 19.0 Å². The van der Waals surface area contributed by atoms with E-state index < -0.39 is 34.9 Å². The Morgan fingerprint density at radius 2 is 1.86 bits per heavy atom. The molecule has 2 rings (SSSR count). The number of nitrogens with zero attached hydrogens (tertiary/aromatic N) is 1. The van der Waals surface area contributed by atoms with E-state index in [9.17, 15) is 17.6 Å². The molecular weight excluding hydrogens is 286 g/mol. The fraction of sp³-hybridized carbons (Fsp3) is 0.267. The minimum Gasteiger partial charge on any atom is -0.370 e. The van der Waals surface area contributed by atoms with Crippen LogP contribution in [0.4, 0.5) is 17.6 Å². The Morgan fingerprint density at radius 3 is 2.38 bits per heavy atom. The second kappa shape index (κ2) is 5.81. The van der Waals surface area contributed by atoms with E-state index in [4.69, 9.17) is 4.74 Å². The van der Waals surface area contributed by atoms with Gasteiger partial charge in [0.2, 0.25) is 0 Å². The number of hydrogen-bond donors (Lipinski definition) is 0. The molecule has 0 bridgehead atoms. The molecule has 0 aliphatic rings. The Kier molecular flexibility index (Phi) is 4.27. The number of alkyl halides is 2. The Balaban J connectivity index is 2.45. The van der Waals surface area contributed by atoms with E-state index in [1.807, 2.05) is 0 Å². The van der Waals surface area contributed by atoms with E-state index in [0.29, 0.717) is 6.07 Å². The lowest BCUT2D eigenvalue weighted by molar-refractivity contribution is -0.137. The molecule has 1 atom stereocenters. The fourth-order valence-electron chi connectivity index (χ4n) is 1.98. The SMILES string of the molecule is COC(c1ccc(F)cc1F)C(F)(F)c1ccc(C)cn1. The van der Waals surface area contributed by atoms with Crippen LogP contribution in [0.15, 0.2) is 36.5 Å². The lowest BCUT2D eigenvalue weighted by Crippen LogP contribution is -2.27. The number of halogens is 4. The van der Waals surface area contributed by atoms with E-state index in [1.165, 1.54) is 12.3 Å². The zero-order valence-corrected chi connectivity index (χ0v) is 11.4. The summed E-state index contributed by atoms with van der Waals surface area (Å²) in [6.45, 7) is 1.71. The third kappa shape index (κ3) is 3.05. The largest absolute Gasteiger partial charge is 0.370 e. The molecule has 112 valence electrons. The lowest BCUT2D eigenvalue weighted by atomic mass is 9.99. The molecule has 0 amide bonds. The molecule has 0 aliphatic heterocycles. The van der Waals surface area contributed by atoms with Crippen molar-refractivity contribution in [3.63, 3.8) is 0 Å². The van der Waals surface area contributed by atoms with Crippen LogP contribution in [0.25, 0.3) is 0 Å². The molecule has 0 fully saturated rings. The Labute approximate surface area is 119 Å². The summed E-state index contributed by atoms with van der Waals surface area (Å²) in [5.74, 6) is -5.49. The van der Waals surface area contributed by atoms with Crippen molar-refractivity contribution in [2.75, 3.05) is 7.11 Å². The molecule has 1 aromatic heterocycles. The number of ether oxygens (including phenoxy) is 1. The number of hydrogen-bond acceptors (Lipinski definition) is 2. The number of aryl methyl sites for hydroxylation is 1. The van der Waals surface area contributed by atoms with Crippen LogP contribution in [0.5, 0.6) is 0 Å². The first-order valence-corrected chi connectivity index (χ1v) is 6.15. The summed E-state index contributed by atoms with van der Waals surface area (Å²) in [5.41, 5.74) is -0.244. The van der Waals surface area contributed by atoms with E-state index >= 15 is 0 Å². The number of benzene rings is 1. The summed E-state index contributed by atoms with van der Waals surface area (Å²) in [4.78, 5) is 3.67. The van der Waals surface area contributed by atoms with Crippen LogP contribution in [-0.4, -0.2) is 12.1 Å². The molecular formula is C15H13F4NO. The normalized spacial score (nSPS) is 13.2. The van der Waals surface area contributed by atoms with Gasteiger partial charge in [-0.15, -0.1) is 0 Å². The van der Waals surface area contributed by atoms with Crippen LogP contribution in [0, 0.1) is 18.6 Å². The van der Waals surface area contributed by atoms with Gasteiger partial charge >= 0.3 is 5.92 Å². The maximum absolute atomic E-state index is 14.5. The second-order valence-corrected chi connectivity index (χ2v) is 4.63. The topological polar surface area (TPSA) is 22.1 Å². The molecule has 0 saturated carbocycles. The third-order valence-corrected chi connectivity index (χ3v) is 3.06. The maximum atomic E-state index is 14.5. The van der Waals surface area contributed by atoms with Gasteiger partial charge in [-0.2, -0.15) is 8.78 Å². The van der Waals surface area contributed by atoms with Crippen LogP contribution < -0.4 is 0 Å². The highest BCUT2D eigenvalue weighted by Crippen LogP contribution is 2.42. The zero-order valence-electron chi connectivity index (χ0n) is 11.4. The Bertz CT molecular complexity index is 628. The molecule has 2 nitrogen and oxygen atoms in total. The van der Waals surface area contributed by atoms with Crippen LogP contribution in [0.1, 0.15) is 22.9 Å². The minimum absolute atomic E-state index is 0.425. The Morgan fingerprint density at radius 1 is 1.14 bits per heavy atom. The van der Waals surface area contributed by atoms with Crippen LogP contribution in [0.2, 0.25) is 0 Å². The van der Waals surface area contributed by atoms with Crippen molar-refractivity contribution in [3.05, 3.63) is 65.0 Å². The monoisotopic (exact) mass is 299 g/mol. The first kappa shape index (κ1) is 15.4. The van der Waals surface area contributed by atoms with Gasteiger partial charge < -0.3 is 4.74 Å². The highest BCUT2D eigenvalue weighted by Gasteiger charge is 2.45. The quantitative estimate of drug-likeness (QED) is 0.791. The molecule has 2 aromatic rings. The van der Waals surface area contributed by atoms with Crippen LogP contribution in [-0.2, 0) is 10.7 Å². The van der Waals surface area contributed by atoms with Gasteiger partial charge in [0.15, 0.2) is 6.10 Å².